The zero-order chi connectivity index (χ0) is 18.7. The summed E-state index contributed by atoms with van der Waals surface area (Å²) in [6.07, 6.45) is 2.26. The molecule has 0 aliphatic rings. The monoisotopic (exact) mass is 389 g/mol. The lowest BCUT2D eigenvalue weighted by Gasteiger charge is -2.07. The highest BCUT2D eigenvalue weighted by atomic mass is 35.5. The summed E-state index contributed by atoms with van der Waals surface area (Å²) in [5, 5.41) is 16.4. The van der Waals surface area contributed by atoms with Gasteiger partial charge in [0.1, 0.15) is 5.01 Å². The number of rotatable bonds is 5. The number of nitrogens with zero attached hydrogens (tertiary/aromatic N) is 4. The molecule has 134 valence electrons. The Balaban J connectivity index is 1.84. The Morgan fingerprint density at radius 1 is 1.31 bits per heavy atom. The van der Waals surface area contributed by atoms with Crippen molar-refractivity contribution in [1.29, 1.82) is 0 Å². The summed E-state index contributed by atoms with van der Waals surface area (Å²) >= 11 is 7.26. The minimum Gasteiger partial charge on any atom is -0.295 e. The van der Waals surface area contributed by atoms with E-state index in [9.17, 15) is 9.59 Å². The Bertz CT molecular complexity index is 999. The Morgan fingerprint density at radius 3 is 2.85 bits per heavy atom. The molecule has 0 saturated heterocycles. The topological polar surface area (TPSA) is 89.8 Å². The minimum absolute atomic E-state index is 0.229. The van der Waals surface area contributed by atoms with Crippen molar-refractivity contribution in [3.63, 3.8) is 0 Å². The molecule has 1 amide bonds. The molecule has 1 N–H and O–H groups in total. The van der Waals surface area contributed by atoms with Crippen molar-refractivity contribution in [3.05, 3.63) is 62.5 Å². The normalized spacial score (nSPS) is 10.9. The van der Waals surface area contributed by atoms with Gasteiger partial charge in [-0.15, -0.1) is 10.2 Å². The van der Waals surface area contributed by atoms with E-state index in [0.29, 0.717) is 21.8 Å². The number of halogens is 1. The molecule has 0 atom stereocenters. The van der Waals surface area contributed by atoms with Gasteiger partial charge in [0.05, 0.1) is 5.69 Å². The second-order valence-corrected chi connectivity index (χ2v) is 7.50. The average molecular weight is 390 g/mol. The van der Waals surface area contributed by atoms with Crippen molar-refractivity contribution in [3.8, 4) is 5.69 Å². The van der Waals surface area contributed by atoms with Crippen LogP contribution in [0.3, 0.4) is 0 Å². The molecule has 0 spiro atoms. The molecule has 3 aromatic rings. The molecule has 9 heteroatoms. The van der Waals surface area contributed by atoms with Gasteiger partial charge >= 0.3 is 0 Å². The lowest BCUT2D eigenvalue weighted by atomic mass is 10.1. The number of aromatic nitrogens is 4. The van der Waals surface area contributed by atoms with Gasteiger partial charge in [-0.2, -0.15) is 5.10 Å². The zero-order valence-corrected chi connectivity index (χ0v) is 15.7. The lowest BCUT2D eigenvalue weighted by Crippen LogP contribution is -2.25. The van der Waals surface area contributed by atoms with Gasteiger partial charge in [-0.1, -0.05) is 42.9 Å². The predicted octanol–water partition coefficient (Wildman–Crippen LogP) is 3.19. The van der Waals surface area contributed by atoms with Crippen LogP contribution >= 0.6 is 22.9 Å². The first kappa shape index (κ1) is 18.2. The maximum Gasteiger partial charge on any atom is 0.282 e. The Kier molecular flexibility index (Phi) is 5.43. The van der Waals surface area contributed by atoms with E-state index in [0.717, 1.165) is 11.4 Å². The minimum atomic E-state index is -0.626. The highest BCUT2D eigenvalue weighted by molar-refractivity contribution is 7.15. The van der Waals surface area contributed by atoms with Gasteiger partial charge in [0.25, 0.3) is 5.91 Å². The third kappa shape index (κ3) is 4.33. The van der Waals surface area contributed by atoms with E-state index in [1.54, 1.807) is 24.3 Å². The third-order valence-corrected chi connectivity index (χ3v) is 4.46. The van der Waals surface area contributed by atoms with Crippen molar-refractivity contribution in [2.45, 2.75) is 20.3 Å². The number of carbonyl (C=O) groups excluding carboxylic acids is 1. The van der Waals surface area contributed by atoms with Crippen LogP contribution in [0.2, 0.25) is 5.02 Å². The van der Waals surface area contributed by atoms with Gasteiger partial charge in [-0.05, 0) is 24.1 Å². The second-order valence-electron chi connectivity index (χ2n) is 6.01. The number of amides is 1. The summed E-state index contributed by atoms with van der Waals surface area (Å²) < 4.78 is 1.42. The van der Waals surface area contributed by atoms with E-state index >= 15 is 0 Å². The zero-order valence-electron chi connectivity index (χ0n) is 14.1. The highest BCUT2D eigenvalue weighted by Gasteiger charge is 2.16. The summed E-state index contributed by atoms with van der Waals surface area (Å²) in [4.78, 5) is 24.5. The van der Waals surface area contributed by atoms with Gasteiger partial charge in [-0.25, -0.2) is 4.68 Å². The van der Waals surface area contributed by atoms with Crippen LogP contribution in [0.25, 0.3) is 5.69 Å². The van der Waals surface area contributed by atoms with Gasteiger partial charge in [0.2, 0.25) is 10.6 Å². The number of hydrogen-bond donors (Lipinski definition) is 1. The van der Waals surface area contributed by atoms with Crippen LogP contribution in [0, 0.1) is 5.92 Å². The summed E-state index contributed by atoms with van der Waals surface area (Å²) in [5.74, 6) is -0.189. The van der Waals surface area contributed by atoms with E-state index in [1.165, 1.54) is 28.3 Å². The molecule has 0 aliphatic carbocycles. The molecule has 0 radical (unpaired) electrons. The maximum absolute atomic E-state index is 12.4. The first-order valence-corrected chi connectivity index (χ1v) is 9.11. The largest absolute Gasteiger partial charge is 0.295 e. The van der Waals surface area contributed by atoms with Crippen LogP contribution in [0.15, 0.2) is 41.3 Å². The molecule has 7 nitrogen and oxygen atoms in total. The van der Waals surface area contributed by atoms with Crippen LogP contribution in [0.4, 0.5) is 5.13 Å². The van der Waals surface area contributed by atoms with Crippen LogP contribution in [0.1, 0.15) is 29.3 Å². The molecule has 1 aromatic carbocycles. The molecular weight excluding hydrogens is 374 g/mol. The Hall–Kier alpha value is -2.58. The molecule has 0 fully saturated rings. The van der Waals surface area contributed by atoms with E-state index in [4.69, 9.17) is 11.6 Å². The molecule has 26 heavy (non-hydrogen) atoms. The fraction of sp³-hybridized carbons (Fsp3) is 0.235. The predicted molar refractivity (Wildman–Crippen MR) is 101 cm³/mol. The Labute approximate surface area is 158 Å². The van der Waals surface area contributed by atoms with Gasteiger partial charge < -0.3 is 0 Å². The molecule has 2 aromatic heterocycles. The van der Waals surface area contributed by atoms with Crippen molar-refractivity contribution in [2.75, 3.05) is 5.32 Å². The van der Waals surface area contributed by atoms with Gasteiger partial charge in [0.15, 0.2) is 5.69 Å². The van der Waals surface area contributed by atoms with Crippen molar-refractivity contribution in [2.24, 2.45) is 5.92 Å². The number of anilines is 1. The quantitative estimate of drug-likeness (QED) is 0.723. The number of hydrogen-bond acceptors (Lipinski definition) is 6. The summed E-state index contributed by atoms with van der Waals surface area (Å²) in [5.41, 5.74) is -0.0672. The smallest absolute Gasteiger partial charge is 0.282 e. The number of nitrogens with one attached hydrogen (secondary N) is 1. The lowest BCUT2D eigenvalue weighted by molar-refractivity contribution is 0.101. The molecule has 3 rings (SSSR count). The first-order valence-electron chi connectivity index (χ1n) is 7.92. The third-order valence-electron chi connectivity index (χ3n) is 3.37. The average Bonchev–Trinajstić information content (AvgIpc) is 3.01. The van der Waals surface area contributed by atoms with Crippen LogP contribution in [0.5, 0.6) is 0 Å². The van der Waals surface area contributed by atoms with Crippen LogP contribution in [-0.4, -0.2) is 25.9 Å². The first-order chi connectivity index (χ1) is 12.4. The molecular formula is C17H16ClN5O2S. The maximum atomic E-state index is 12.4. The summed E-state index contributed by atoms with van der Waals surface area (Å²) in [6.45, 7) is 4.15. The molecule has 0 unspecified atom stereocenters. The second kappa shape index (κ2) is 7.76. The van der Waals surface area contributed by atoms with E-state index in [2.05, 4.69) is 34.5 Å². The van der Waals surface area contributed by atoms with Crippen molar-refractivity contribution < 1.29 is 4.79 Å². The summed E-state index contributed by atoms with van der Waals surface area (Å²) in [6, 6.07) is 8.23. The molecule has 0 aliphatic heterocycles. The summed E-state index contributed by atoms with van der Waals surface area (Å²) in [7, 11) is 0. The standard InChI is InChI=1S/C17H16ClN5O2S/c1-10(2)8-14-20-21-17(26-14)19-16(25)15-13(24)6-7-23(22-15)12-5-3-4-11(18)9-12/h3-7,9-10H,8H2,1-2H3,(H,19,21,25). The van der Waals surface area contributed by atoms with Gasteiger partial charge in [0, 0.05) is 23.7 Å². The molecule has 2 heterocycles. The number of carbonyl (C=O) groups is 1. The highest BCUT2D eigenvalue weighted by Crippen LogP contribution is 2.18. The SMILES string of the molecule is CC(C)Cc1nnc(NC(=O)c2nn(-c3cccc(Cl)c3)ccc2=O)s1. The molecule has 0 bridgehead atoms. The number of benzene rings is 1. The van der Waals surface area contributed by atoms with Gasteiger partial charge in [-0.3, -0.25) is 14.9 Å². The van der Waals surface area contributed by atoms with Crippen LogP contribution < -0.4 is 10.7 Å². The fourth-order valence-electron chi connectivity index (χ4n) is 2.22. The van der Waals surface area contributed by atoms with E-state index in [1.807, 2.05) is 0 Å². The van der Waals surface area contributed by atoms with Crippen molar-refractivity contribution >= 4 is 34.0 Å². The van der Waals surface area contributed by atoms with E-state index < -0.39 is 11.3 Å². The van der Waals surface area contributed by atoms with Crippen LogP contribution in [-0.2, 0) is 6.42 Å². The Morgan fingerprint density at radius 2 is 2.12 bits per heavy atom. The van der Waals surface area contributed by atoms with E-state index in [-0.39, 0.29) is 5.69 Å². The fourth-order valence-corrected chi connectivity index (χ4v) is 3.35. The molecule has 0 saturated carbocycles. The van der Waals surface area contributed by atoms with Crippen molar-refractivity contribution in [1.82, 2.24) is 20.0 Å².